The first-order chi connectivity index (χ1) is 7.86. The number of rotatable bonds is 2. The van der Waals surface area contributed by atoms with E-state index in [0.717, 1.165) is 4.47 Å². The maximum atomic E-state index is 11.0. The first-order valence-electron chi connectivity index (χ1n) is 4.28. The summed E-state index contributed by atoms with van der Waals surface area (Å²) in [5.41, 5.74) is 0.579. The van der Waals surface area contributed by atoms with Gasteiger partial charge in [0.15, 0.2) is 5.82 Å². The highest BCUT2D eigenvalue weighted by Gasteiger charge is 2.15. The maximum Gasteiger partial charge on any atom is 0.273 e. The molecule has 0 unspecified atom stereocenters. The molecule has 0 spiro atoms. The fourth-order valence-electron chi connectivity index (χ4n) is 1.19. The largest absolute Gasteiger partial charge is 0.273 e. The summed E-state index contributed by atoms with van der Waals surface area (Å²) in [6.07, 6.45) is 0. The minimum atomic E-state index is -3.88. The number of hydrogen-bond donors (Lipinski definition) is 2. The molecule has 0 fully saturated rings. The average molecular weight is 338 g/mol. The summed E-state index contributed by atoms with van der Waals surface area (Å²) in [5.74, 6) is 0.206. The van der Waals surface area contributed by atoms with Crippen LogP contribution in [0.1, 0.15) is 0 Å². The molecule has 0 saturated heterocycles. The summed E-state index contributed by atoms with van der Waals surface area (Å²) >= 11 is 9.12. The Morgan fingerprint density at radius 3 is 2.59 bits per heavy atom. The van der Waals surface area contributed by atoms with Crippen LogP contribution < -0.4 is 5.14 Å². The third-order valence-corrected chi connectivity index (χ3v) is 3.25. The number of hydrogen-bond acceptors (Lipinski definition) is 4. The second-order valence-corrected chi connectivity index (χ2v) is 6.00. The molecule has 2 aromatic rings. The van der Waals surface area contributed by atoms with Crippen LogP contribution in [-0.4, -0.2) is 23.6 Å². The number of nitrogens with one attached hydrogen (secondary N) is 1. The van der Waals surface area contributed by atoms with Crippen LogP contribution in [0.3, 0.4) is 0 Å². The van der Waals surface area contributed by atoms with Crippen molar-refractivity contribution in [2.24, 2.45) is 5.14 Å². The van der Waals surface area contributed by atoms with Gasteiger partial charge in [0.05, 0.1) is 0 Å². The van der Waals surface area contributed by atoms with Gasteiger partial charge in [-0.1, -0.05) is 27.5 Å². The van der Waals surface area contributed by atoms with Gasteiger partial charge in [0, 0.05) is 15.1 Å². The highest BCUT2D eigenvalue weighted by molar-refractivity contribution is 9.10. The van der Waals surface area contributed by atoms with E-state index >= 15 is 0 Å². The molecule has 0 aliphatic heterocycles. The normalized spacial score (nSPS) is 11.7. The number of H-pyrrole nitrogens is 1. The van der Waals surface area contributed by atoms with Crippen LogP contribution in [0.25, 0.3) is 11.4 Å². The van der Waals surface area contributed by atoms with Crippen LogP contribution >= 0.6 is 27.5 Å². The van der Waals surface area contributed by atoms with Crippen LogP contribution in [0.5, 0.6) is 0 Å². The summed E-state index contributed by atoms with van der Waals surface area (Å²) in [5, 5.41) is 11.0. The summed E-state index contributed by atoms with van der Waals surface area (Å²) in [6, 6.07) is 5.02. The van der Waals surface area contributed by atoms with Crippen molar-refractivity contribution in [3.05, 3.63) is 27.7 Å². The van der Waals surface area contributed by atoms with E-state index in [1.54, 1.807) is 18.2 Å². The topological polar surface area (TPSA) is 102 Å². The first-order valence-corrected chi connectivity index (χ1v) is 6.99. The highest BCUT2D eigenvalue weighted by Crippen LogP contribution is 2.25. The van der Waals surface area contributed by atoms with Gasteiger partial charge in [0.2, 0.25) is 0 Å². The van der Waals surface area contributed by atoms with Gasteiger partial charge in [-0.05, 0) is 18.2 Å². The van der Waals surface area contributed by atoms with Gasteiger partial charge in [0.1, 0.15) is 0 Å². The highest BCUT2D eigenvalue weighted by atomic mass is 79.9. The molecular weight excluding hydrogens is 332 g/mol. The van der Waals surface area contributed by atoms with Gasteiger partial charge in [-0.2, -0.15) is 10.1 Å². The number of sulfonamides is 1. The molecule has 0 atom stereocenters. The molecule has 3 N–H and O–H groups in total. The van der Waals surface area contributed by atoms with E-state index in [0.29, 0.717) is 10.6 Å². The van der Waals surface area contributed by atoms with Crippen LogP contribution in [0.15, 0.2) is 27.8 Å². The predicted octanol–water partition coefficient (Wildman–Crippen LogP) is 1.53. The van der Waals surface area contributed by atoms with Crippen molar-refractivity contribution in [3.8, 4) is 11.4 Å². The van der Waals surface area contributed by atoms with E-state index in [-0.39, 0.29) is 11.0 Å². The SMILES string of the molecule is NS(=O)(=O)c1nc(-c2cc(Cl)cc(Br)c2)n[nH]1. The van der Waals surface area contributed by atoms with E-state index in [4.69, 9.17) is 16.7 Å². The number of aromatic nitrogens is 3. The zero-order valence-corrected chi connectivity index (χ0v) is 11.3. The van der Waals surface area contributed by atoms with E-state index in [1.165, 1.54) is 0 Å². The Balaban J connectivity index is 2.51. The molecule has 0 radical (unpaired) electrons. The summed E-state index contributed by atoms with van der Waals surface area (Å²) in [7, 11) is -3.88. The van der Waals surface area contributed by atoms with Crippen molar-refractivity contribution in [2.45, 2.75) is 5.16 Å². The van der Waals surface area contributed by atoms with Gasteiger partial charge in [-0.25, -0.2) is 18.7 Å². The van der Waals surface area contributed by atoms with Gasteiger partial charge in [-0.3, -0.25) is 0 Å². The monoisotopic (exact) mass is 336 g/mol. The molecule has 6 nitrogen and oxygen atoms in total. The van der Waals surface area contributed by atoms with Crippen molar-refractivity contribution in [2.75, 3.05) is 0 Å². The maximum absolute atomic E-state index is 11.0. The number of primary sulfonamides is 1. The molecule has 9 heteroatoms. The summed E-state index contributed by atoms with van der Waals surface area (Å²) in [6.45, 7) is 0. The fraction of sp³-hybridized carbons (Fsp3) is 0. The Morgan fingerprint density at radius 1 is 1.35 bits per heavy atom. The molecule has 1 aromatic heterocycles. The molecule has 1 heterocycles. The average Bonchev–Trinajstić information content (AvgIpc) is 2.63. The van der Waals surface area contributed by atoms with Gasteiger partial charge in [-0.15, -0.1) is 0 Å². The molecule has 0 saturated carbocycles. The standard InChI is InChI=1S/C8H6BrClN4O2S/c9-5-1-4(2-6(10)3-5)7-12-8(14-13-7)17(11,15)16/h1-3H,(H2,11,15,16)(H,12,13,14). The van der Waals surface area contributed by atoms with Crippen LogP contribution in [0.2, 0.25) is 5.02 Å². The second kappa shape index (κ2) is 4.37. The molecule has 17 heavy (non-hydrogen) atoms. The van der Waals surface area contributed by atoms with Gasteiger partial charge < -0.3 is 0 Å². The predicted molar refractivity (Wildman–Crippen MR) is 65.9 cm³/mol. The summed E-state index contributed by atoms with van der Waals surface area (Å²) in [4.78, 5) is 3.77. The molecule has 0 aliphatic carbocycles. The lowest BCUT2D eigenvalue weighted by Crippen LogP contribution is -2.13. The fourth-order valence-corrected chi connectivity index (χ4v) is 2.43. The van der Waals surface area contributed by atoms with Crippen LogP contribution in [0.4, 0.5) is 0 Å². The number of benzene rings is 1. The van der Waals surface area contributed by atoms with E-state index in [9.17, 15) is 8.42 Å². The minimum absolute atomic E-state index is 0.206. The lowest BCUT2D eigenvalue weighted by molar-refractivity contribution is 0.589. The smallest absolute Gasteiger partial charge is 0.248 e. The zero-order chi connectivity index (χ0) is 12.6. The Bertz CT molecular complexity index is 650. The lowest BCUT2D eigenvalue weighted by Gasteiger charge is -1.97. The number of halogens is 2. The van der Waals surface area contributed by atoms with Crippen LogP contribution in [-0.2, 0) is 10.0 Å². The minimum Gasteiger partial charge on any atom is -0.248 e. The molecule has 0 bridgehead atoms. The van der Waals surface area contributed by atoms with Crippen molar-refractivity contribution >= 4 is 37.6 Å². The van der Waals surface area contributed by atoms with E-state index in [1.807, 2.05) is 0 Å². The molecule has 0 amide bonds. The molecule has 90 valence electrons. The van der Waals surface area contributed by atoms with Crippen molar-refractivity contribution in [3.63, 3.8) is 0 Å². The molecule has 2 rings (SSSR count). The number of aromatic amines is 1. The van der Waals surface area contributed by atoms with Crippen molar-refractivity contribution in [1.29, 1.82) is 0 Å². The second-order valence-electron chi connectivity index (χ2n) is 3.17. The Morgan fingerprint density at radius 2 is 2.06 bits per heavy atom. The molecule has 1 aromatic carbocycles. The summed E-state index contributed by atoms with van der Waals surface area (Å²) < 4.78 is 22.8. The zero-order valence-electron chi connectivity index (χ0n) is 8.18. The molecular formula is C8H6BrClN4O2S. The van der Waals surface area contributed by atoms with Gasteiger partial charge in [0.25, 0.3) is 15.2 Å². The van der Waals surface area contributed by atoms with Crippen molar-refractivity contribution < 1.29 is 8.42 Å². The first kappa shape index (κ1) is 12.5. The Hall–Kier alpha value is -0.960. The Labute approximate surface area is 110 Å². The van der Waals surface area contributed by atoms with Crippen molar-refractivity contribution in [1.82, 2.24) is 15.2 Å². The van der Waals surface area contributed by atoms with Crippen LogP contribution in [0, 0.1) is 0 Å². The van der Waals surface area contributed by atoms with E-state index < -0.39 is 10.0 Å². The van der Waals surface area contributed by atoms with E-state index in [2.05, 4.69) is 31.1 Å². The Kier molecular flexibility index (Phi) is 3.21. The third-order valence-electron chi connectivity index (χ3n) is 1.86. The third kappa shape index (κ3) is 2.83. The number of nitrogens with zero attached hydrogens (tertiary/aromatic N) is 2. The quantitative estimate of drug-likeness (QED) is 0.867. The molecule has 0 aliphatic rings. The van der Waals surface area contributed by atoms with Gasteiger partial charge >= 0.3 is 0 Å². The number of nitrogens with two attached hydrogens (primary N) is 1. The lowest BCUT2D eigenvalue weighted by atomic mass is 10.2.